The van der Waals surface area contributed by atoms with Crippen LogP contribution in [0.15, 0.2) is 23.1 Å². The summed E-state index contributed by atoms with van der Waals surface area (Å²) in [4.78, 5) is 10.4. The molecule has 9 heteroatoms. The third-order valence-corrected chi connectivity index (χ3v) is 2.94. The molecule has 18 heavy (non-hydrogen) atoms. The van der Waals surface area contributed by atoms with Crippen LogP contribution in [-0.4, -0.2) is 21.5 Å². The maximum Gasteiger partial charge on any atom is 0.417 e. The average molecular weight is 283 g/mol. The van der Waals surface area contributed by atoms with E-state index in [1.165, 1.54) is 0 Å². The van der Waals surface area contributed by atoms with Gasteiger partial charge in [-0.15, -0.1) is 0 Å². The Balaban J connectivity index is 3.54. The average Bonchev–Trinajstić information content (AvgIpc) is 2.24. The summed E-state index contributed by atoms with van der Waals surface area (Å²) in [6.45, 7) is 0. The number of primary sulfonamides is 1. The lowest BCUT2D eigenvalue weighted by Gasteiger charge is -2.12. The highest BCUT2D eigenvalue weighted by Crippen LogP contribution is 2.33. The lowest BCUT2D eigenvalue weighted by atomic mass is 10.1. The fraction of sp³-hybridized carbons (Fsp3) is 0.222. The highest BCUT2D eigenvalue weighted by atomic mass is 32.2. The van der Waals surface area contributed by atoms with Gasteiger partial charge in [-0.3, -0.25) is 0 Å². The Hall–Kier alpha value is -1.61. The normalized spacial score (nSPS) is 12.3. The molecule has 0 heterocycles. The minimum absolute atomic E-state index is 0.293. The van der Waals surface area contributed by atoms with Gasteiger partial charge in [-0.25, -0.2) is 18.4 Å². The fourth-order valence-electron chi connectivity index (χ4n) is 1.22. The second-order valence-electron chi connectivity index (χ2n) is 3.24. The molecular weight excluding hydrogens is 275 g/mol. The molecule has 1 rings (SSSR count). The van der Waals surface area contributed by atoms with Crippen molar-refractivity contribution in [2.75, 3.05) is 7.11 Å². The number of nitrogens with two attached hydrogens (primary N) is 1. The molecule has 0 fully saturated rings. The number of ether oxygens (including phenoxy) is 1. The Bertz CT molecular complexity index is 580. The number of esters is 1. The van der Waals surface area contributed by atoms with E-state index in [2.05, 4.69) is 4.74 Å². The van der Waals surface area contributed by atoms with Crippen LogP contribution < -0.4 is 5.14 Å². The molecule has 5 nitrogen and oxygen atoms in total. The van der Waals surface area contributed by atoms with E-state index in [1.54, 1.807) is 0 Å². The Morgan fingerprint density at radius 3 is 2.28 bits per heavy atom. The molecule has 0 aliphatic rings. The summed E-state index contributed by atoms with van der Waals surface area (Å²) >= 11 is 0. The quantitative estimate of drug-likeness (QED) is 0.824. The molecule has 0 radical (unpaired) electrons. The minimum atomic E-state index is -4.90. The van der Waals surface area contributed by atoms with Crippen LogP contribution in [-0.2, 0) is 20.9 Å². The van der Waals surface area contributed by atoms with E-state index >= 15 is 0 Å². The van der Waals surface area contributed by atoms with Gasteiger partial charge in [-0.1, -0.05) is 0 Å². The summed E-state index contributed by atoms with van der Waals surface area (Å²) in [7, 11) is -3.37. The molecule has 0 unspecified atom stereocenters. The van der Waals surface area contributed by atoms with Crippen molar-refractivity contribution in [3.05, 3.63) is 29.3 Å². The number of rotatable bonds is 2. The molecule has 0 aliphatic heterocycles. The number of carbonyl (C=O) groups is 1. The second-order valence-corrected chi connectivity index (χ2v) is 4.80. The maximum atomic E-state index is 12.7. The molecule has 1 aromatic carbocycles. The predicted octanol–water partition coefficient (Wildman–Crippen LogP) is 1.14. The van der Waals surface area contributed by atoms with Crippen molar-refractivity contribution in [1.29, 1.82) is 0 Å². The van der Waals surface area contributed by atoms with Crippen molar-refractivity contribution in [1.82, 2.24) is 0 Å². The van der Waals surface area contributed by atoms with E-state index in [9.17, 15) is 26.4 Å². The minimum Gasteiger partial charge on any atom is -0.465 e. The molecule has 0 atom stereocenters. The fourth-order valence-corrected chi connectivity index (χ4v) is 1.76. The summed E-state index contributed by atoms with van der Waals surface area (Å²) < 4.78 is 64.1. The number of benzene rings is 1. The number of hydrogen-bond acceptors (Lipinski definition) is 4. The Morgan fingerprint density at radius 2 is 1.89 bits per heavy atom. The van der Waals surface area contributed by atoms with Gasteiger partial charge in [0.15, 0.2) is 0 Å². The van der Waals surface area contributed by atoms with Gasteiger partial charge in [0, 0.05) is 0 Å². The van der Waals surface area contributed by atoms with Crippen molar-refractivity contribution in [2.24, 2.45) is 5.14 Å². The topological polar surface area (TPSA) is 86.5 Å². The molecule has 0 saturated heterocycles. The zero-order valence-corrected chi connectivity index (χ0v) is 9.80. The SMILES string of the molecule is COC(=O)c1ccc(S(N)(=O)=O)cc1C(F)(F)F. The molecule has 1 aromatic rings. The maximum absolute atomic E-state index is 12.7. The van der Waals surface area contributed by atoms with Crippen molar-refractivity contribution in [3.8, 4) is 0 Å². The highest BCUT2D eigenvalue weighted by Gasteiger charge is 2.36. The molecule has 0 aliphatic carbocycles. The van der Waals surface area contributed by atoms with Crippen molar-refractivity contribution >= 4 is 16.0 Å². The van der Waals surface area contributed by atoms with Gasteiger partial charge in [0.1, 0.15) is 0 Å². The summed E-state index contributed by atoms with van der Waals surface area (Å²) in [5.41, 5.74) is -2.20. The van der Waals surface area contributed by atoms with E-state index in [-0.39, 0.29) is 0 Å². The first-order valence-corrected chi connectivity index (χ1v) is 5.94. The molecule has 0 aromatic heterocycles. The van der Waals surface area contributed by atoms with Crippen LogP contribution in [0.3, 0.4) is 0 Å². The third-order valence-electron chi connectivity index (χ3n) is 2.03. The molecule has 0 bridgehead atoms. The molecular formula is C9H8F3NO4S. The smallest absolute Gasteiger partial charge is 0.417 e. The second kappa shape index (κ2) is 4.58. The zero-order chi connectivity index (χ0) is 14.1. The van der Waals surface area contributed by atoms with Gasteiger partial charge in [0.25, 0.3) is 0 Å². The van der Waals surface area contributed by atoms with Crippen molar-refractivity contribution in [2.45, 2.75) is 11.1 Å². The summed E-state index contributed by atoms with van der Waals surface area (Å²) in [6, 6.07) is 1.80. The lowest BCUT2D eigenvalue weighted by Crippen LogP contribution is -2.18. The lowest BCUT2D eigenvalue weighted by molar-refractivity contribution is -0.138. The monoisotopic (exact) mass is 283 g/mol. The number of methoxy groups -OCH3 is 1. The first kappa shape index (κ1) is 14.5. The van der Waals surface area contributed by atoms with Crippen molar-refractivity contribution in [3.63, 3.8) is 0 Å². The number of hydrogen-bond donors (Lipinski definition) is 1. The summed E-state index contributed by atoms with van der Waals surface area (Å²) in [6.07, 6.45) is -4.90. The molecule has 0 saturated carbocycles. The number of halogens is 3. The van der Waals surface area contributed by atoms with E-state index in [0.717, 1.165) is 13.2 Å². The van der Waals surface area contributed by atoms with Gasteiger partial charge in [0.05, 0.1) is 23.1 Å². The molecule has 0 amide bonds. The summed E-state index contributed by atoms with van der Waals surface area (Å²) in [5, 5.41) is 4.72. The predicted molar refractivity (Wildman–Crippen MR) is 54.2 cm³/mol. The third kappa shape index (κ3) is 2.99. The first-order valence-electron chi connectivity index (χ1n) is 4.39. The van der Waals surface area contributed by atoms with Gasteiger partial charge < -0.3 is 4.74 Å². The molecule has 0 spiro atoms. The number of sulfonamides is 1. The van der Waals surface area contributed by atoms with Gasteiger partial charge in [-0.05, 0) is 18.2 Å². The van der Waals surface area contributed by atoms with Crippen LogP contribution in [0.4, 0.5) is 13.2 Å². The van der Waals surface area contributed by atoms with Gasteiger partial charge in [-0.2, -0.15) is 13.2 Å². The highest BCUT2D eigenvalue weighted by molar-refractivity contribution is 7.89. The van der Waals surface area contributed by atoms with Crippen LogP contribution in [0.1, 0.15) is 15.9 Å². The van der Waals surface area contributed by atoms with E-state index in [4.69, 9.17) is 5.14 Å². The summed E-state index contributed by atoms with van der Waals surface area (Å²) in [5.74, 6) is -1.22. The van der Waals surface area contributed by atoms with Crippen LogP contribution in [0.25, 0.3) is 0 Å². The van der Waals surface area contributed by atoms with Crippen LogP contribution >= 0.6 is 0 Å². The number of carbonyl (C=O) groups excluding carboxylic acids is 1. The Morgan fingerprint density at radius 1 is 1.33 bits per heavy atom. The van der Waals surface area contributed by atoms with Crippen LogP contribution in [0.2, 0.25) is 0 Å². The van der Waals surface area contributed by atoms with Crippen LogP contribution in [0.5, 0.6) is 0 Å². The standard InChI is InChI=1S/C9H8F3NO4S/c1-17-8(14)6-3-2-5(18(13,15)16)4-7(6)9(10,11)12/h2-4H,1H3,(H2,13,15,16). The van der Waals surface area contributed by atoms with Gasteiger partial charge >= 0.3 is 12.1 Å². The number of alkyl halides is 3. The van der Waals surface area contributed by atoms with Crippen molar-refractivity contribution < 1.29 is 31.1 Å². The molecule has 2 N–H and O–H groups in total. The van der Waals surface area contributed by atoms with E-state index < -0.39 is 38.2 Å². The largest absolute Gasteiger partial charge is 0.465 e. The van der Waals surface area contributed by atoms with E-state index in [0.29, 0.717) is 12.1 Å². The Labute approximate surface area is 100 Å². The zero-order valence-electron chi connectivity index (χ0n) is 8.98. The Kier molecular flexibility index (Phi) is 3.67. The van der Waals surface area contributed by atoms with Crippen LogP contribution in [0, 0.1) is 0 Å². The van der Waals surface area contributed by atoms with E-state index in [1.807, 2.05) is 0 Å². The first-order chi connectivity index (χ1) is 8.07. The molecule has 100 valence electrons. The van der Waals surface area contributed by atoms with Gasteiger partial charge in [0.2, 0.25) is 10.0 Å².